The highest BCUT2D eigenvalue weighted by molar-refractivity contribution is 7.11. The Morgan fingerprint density at radius 3 is 2.83 bits per heavy atom. The summed E-state index contributed by atoms with van der Waals surface area (Å²) in [6.07, 6.45) is 5.38. The summed E-state index contributed by atoms with van der Waals surface area (Å²) in [4.78, 5) is 0.615. The summed E-state index contributed by atoms with van der Waals surface area (Å²) in [6.45, 7) is 0. The van der Waals surface area contributed by atoms with E-state index in [0.29, 0.717) is 11.3 Å². The Balaban J connectivity index is 3.10. The quantitative estimate of drug-likeness (QED) is 0.439. The van der Waals surface area contributed by atoms with Gasteiger partial charge in [0.15, 0.2) is 0 Å². The minimum absolute atomic E-state index is 0.118. The highest BCUT2D eigenvalue weighted by Crippen LogP contribution is 2.35. The van der Waals surface area contributed by atoms with E-state index < -0.39 is 5.13 Å². The van der Waals surface area contributed by atoms with Crippen molar-refractivity contribution in [2.45, 2.75) is 6.42 Å². The van der Waals surface area contributed by atoms with Crippen molar-refractivity contribution in [3.8, 4) is 12.3 Å². The molecule has 0 radical (unpaired) electrons. The smallest absolute Gasteiger partial charge is 0.202 e. The molecule has 1 aromatic heterocycles. The first kappa shape index (κ1) is 9.33. The SMILES string of the molecule is C#CCc1sc(F)c(NN)c1Cl. The lowest BCUT2D eigenvalue weighted by molar-refractivity contribution is 0.660. The molecule has 0 unspecified atom stereocenters. The Morgan fingerprint density at radius 2 is 2.42 bits per heavy atom. The molecular formula is C7H6ClFN2S. The first-order valence-electron chi connectivity index (χ1n) is 3.07. The van der Waals surface area contributed by atoms with Gasteiger partial charge in [-0.05, 0) is 0 Å². The minimum atomic E-state index is -0.437. The molecule has 0 aliphatic carbocycles. The molecule has 1 heterocycles. The fourth-order valence-corrected chi connectivity index (χ4v) is 1.96. The maximum absolute atomic E-state index is 12.9. The molecule has 1 rings (SSSR count). The Bertz CT molecular complexity index is 329. The van der Waals surface area contributed by atoms with Gasteiger partial charge in [-0.3, -0.25) is 5.84 Å². The van der Waals surface area contributed by atoms with Gasteiger partial charge < -0.3 is 5.43 Å². The lowest BCUT2D eigenvalue weighted by atomic mass is 10.3. The van der Waals surface area contributed by atoms with Crippen molar-refractivity contribution in [1.29, 1.82) is 0 Å². The number of thiophene rings is 1. The van der Waals surface area contributed by atoms with Gasteiger partial charge in [-0.15, -0.1) is 23.7 Å². The molecule has 0 spiro atoms. The maximum Gasteiger partial charge on any atom is 0.202 e. The van der Waals surface area contributed by atoms with Crippen LogP contribution in [-0.4, -0.2) is 0 Å². The maximum atomic E-state index is 12.9. The van der Waals surface area contributed by atoms with Crippen LogP contribution in [0, 0.1) is 17.5 Å². The third kappa shape index (κ3) is 1.53. The van der Waals surface area contributed by atoms with Crippen LogP contribution in [0.4, 0.5) is 10.1 Å². The third-order valence-electron chi connectivity index (χ3n) is 1.28. The van der Waals surface area contributed by atoms with Gasteiger partial charge in [-0.1, -0.05) is 11.6 Å². The van der Waals surface area contributed by atoms with Crippen LogP contribution in [0.25, 0.3) is 0 Å². The van der Waals surface area contributed by atoms with Crippen molar-refractivity contribution in [2.24, 2.45) is 5.84 Å². The number of rotatable bonds is 2. The zero-order valence-electron chi connectivity index (χ0n) is 6.03. The minimum Gasteiger partial charge on any atom is -0.320 e. The Morgan fingerprint density at radius 1 is 1.75 bits per heavy atom. The number of halogens is 2. The summed E-state index contributed by atoms with van der Waals surface area (Å²) in [7, 11) is 0. The first-order chi connectivity index (χ1) is 5.70. The Labute approximate surface area is 78.5 Å². The van der Waals surface area contributed by atoms with E-state index in [0.717, 1.165) is 11.3 Å². The van der Waals surface area contributed by atoms with Crippen LogP contribution in [0.1, 0.15) is 4.88 Å². The molecule has 0 aliphatic heterocycles. The summed E-state index contributed by atoms with van der Waals surface area (Å²) in [5.41, 5.74) is 2.29. The van der Waals surface area contributed by atoms with Crippen molar-refractivity contribution in [3.63, 3.8) is 0 Å². The van der Waals surface area contributed by atoms with Gasteiger partial charge in [0, 0.05) is 11.3 Å². The van der Waals surface area contributed by atoms with Crippen molar-refractivity contribution < 1.29 is 4.39 Å². The normalized spacial score (nSPS) is 9.50. The van der Waals surface area contributed by atoms with Crippen LogP contribution in [0.15, 0.2) is 0 Å². The molecule has 3 N–H and O–H groups in total. The van der Waals surface area contributed by atoms with Gasteiger partial charge in [-0.25, -0.2) is 0 Å². The first-order valence-corrected chi connectivity index (χ1v) is 4.27. The van der Waals surface area contributed by atoms with Gasteiger partial charge in [-0.2, -0.15) is 4.39 Å². The molecule has 0 aromatic carbocycles. The van der Waals surface area contributed by atoms with E-state index in [1.807, 2.05) is 0 Å². The predicted molar refractivity (Wildman–Crippen MR) is 49.6 cm³/mol. The van der Waals surface area contributed by atoms with Crippen LogP contribution in [-0.2, 0) is 6.42 Å². The molecule has 0 saturated heterocycles. The Kier molecular flexibility index (Phi) is 2.93. The van der Waals surface area contributed by atoms with Gasteiger partial charge in [0.1, 0.15) is 5.69 Å². The van der Waals surface area contributed by atoms with Crippen LogP contribution < -0.4 is 11.3 Å². The number of hydrazine groups is 1. The highest BCUT2D eigenvalue weighted by Gasteiger charge is 2.14. The fraction of sp³-hybridized carbons (Fsp3) is 0.143. The van der Waals surface area contributed by atoms with Crippen LogP contribution in [0.5, 0.6) is 0 Å². The molecule has 0 aliphatic rings. The molecule has 0 amide bonds. The van der Waals surface area contributed by atoms with Gasteiger partial charge in [0.05, 0.1) is 5.02 Å². The number of nitrogens with two attached hydrogens (primary N) is 1. The number of anilines is 1. The van der Waals surface area contributed by atoms with Crippen molar-refractivity contribution in [1.82, 2.24) is 0 Å². The summed E-state index contributed by atoms with van der Waals surface area (Å²) in [5.74, 6) is 7.42. The molecule has 0 saturated carbocycles. The molecule has 2 nitrogen and oxygen atoms in total. The standard InChI is InChI=1S/C7H6ClFN2S/c1-2-3-4-5(8)6(11-10)7(9)12-4/h1,11H,3,10H2. The van der Waals surface area contributed by atoms with E-state index in [4.69, 9.17) is 23.9 Å². The summed E-state index contributed by atoms with van der Waals surface area (Å²) in [5, 5.41) is -0.161. The fourth-order valence-electron chi connectivity index (χ4n) is 0.756. The van der Waals surface area contributed by atoms with Crippen molar-refractivity contribution >= 4 is 28.6 Å². The van der Waals surface area contributed by atoms with E-state index in [1.165, 1.54) is 0 Å². The lowest BCUT2D eigenvalue weighted by Crippen LogP contribution is -2.07. The summed E-state index contributed by atoms with van der Waals surface area (Å²) >= 11 is 6.65. The second kappa shape index (κ2) is 3.76. The summed E-state index contributed by atoms with van der Waals surface area (Å²) < 4.78 is 12.9. The molecule has 64 valence electrons. The average Bonchev–Trinajstić information content (AvgIpc) is 2.29. The monoisotopic (exact) mass is 204 g/mol. The predicted octanol–water partition coefficient (Wildman–Crippen LogP) is 2.00. The second-order valence-electron chi connectivity index (χ2n) is 2.01. The molecule has 0 fully saturated rings. The third-order valence-corrected chi connectivity index (χ3v) is 2.79. The van der Waals surface area contributed by atoms with E-state index in [9.17, 15) is 4.39 Å². The average molecular weight is 205 g/mol. The topological polar surface area (TPSA) is 38.0 Å². The van der Waals surface area contributed by atoms with Crippen LogP contribution >= 0.6 is 22.9 Å². The number of nitrogen functional groups attached to an aromatic ring is 1. The molecule has 1 aromatic rings. The molecule has 0 bridgehead atoms. The van der Waals surface area contributed by atoms with Gasteiger partial charge in [0.2, 0.25) is 5.13 Å². The van der Waals surface area contributed by atoms with E-state index >= 15 is 0 Å². The number of hydrogen-bond donors (Lipinski definition) is 2. The van der Waals surface area contributed by atoms with E-state index in [-0.39, 0.29) is 10.7 Å². The van der Waals surface area contributed by atoms with Crippen LogP contribution in [0.3, 0.4) is 0 Å². The highest BCUT2D eigenvalue weighted by atomic mass is 35.5. The largest absolute Gasteiger partial charge is 0.320 e. The van der Waals surface area contributed by atoms with Crippen molar-refractivity contribution in [3.05, 3.63) is 15.0 Å². The molecule has 0 atom stereocenters. The van der Waals surface area contributed by atoms with Crippen molar-refractivity contribution in [2.75, 3.05) is 5.43 Å². The van der Waals surface area contributed by atoms with Gasteiger partial charge >= 0.3 is 0 Å². The lowest BCUT2D eigenvalue weighted by Gasteiger charge is -1.95. The number of terminal acetylenes is 1. The van der Waals surface area contributed by atoms with E-state index in [1.54, 1.807) is 0 Å². The van der Waals surface area contributed by atoms with Gasteiger partial charge in [0.25, 0.3) is 0 Å². The zero-order chi connectivity index (χ0) is 9.14. The molecule has 5 heteroatoms. The number of nitrogens with one attached hydrogen (secondary N) is 1. The molecular weight excluding hydrogens is 199 g/mol. The Hall–Kier alpha value is -0.760. The van der Waals surface area contributed by atoms with E-state index in [2.05, 4.69) is 11.3 Å². The number of hydrogen-bond acceptors (Lipinski definition) is 3. The van der Waals surface area contributed by atoms with Crippen LogP contribution in [0.2, 0.25) is 5.02 Å². The molecule has 12 heavy (non-hydrogen) atoms. The zero-order valence-corrected chi connectivity index (χ0v) is 7.60. The second-order valence-corrected chi connectivity index (χ2v) is 3.45. The summed E-state index contributed by atoms with van der Waals surface area (Å²) in [6, 6.07) is 0.